The minimum atomic E-state index is -0.423. The van der Waals surface area contributed by atoms with E-state index in [0.29, 0.717) is 39.7 Å². The Labute approximate surface area is 208 Å². The molecule has 0 bridgehead atoms. The summed E-state index contributed by atoms with van der Waals surface area (Å²) in [6, 6.07) is 5.21. The molecule has 0 aliphatic heterocycles. The molecule has 0 saturated heterocycles. The fraction of sp³-hybridized carbons (Fsp3) is 0.240. The van der Waals surface area contributed by atoms with E-state index in [0.717, 1.165) is 11.3 Å². The Hall–Kier alpha value is -4.67. The molecule has 0 spiro atoms. The summed E-state index contributed by atoms with van der Waals surface area (Å²) in [5, 5.41) is 13.9. The van der Waals surface area contributed by atoms with Crippen molar-refractivity contribution in [2.24, 2.45) is 11.1 Å². The largest absolute Gasteiger partial charge is 0.401 e. The van der Waals surface area contributed by atoms with Gasteiger partial charge in [-0.1, -0.05) is 26.8 Å². The predicted octanol–water partition coefficient (Wildman–Crippen LogP) is 3.56. The van der Waals surface area contributed by atoms with Gasteiger partial charge in [0, 0.05) is 28.6 Å². The molecule has 0 atom stereocenters. The van der Waals surface area contributed by atoms with Crippen LogP contribution in [0.25, 0.3) is 17.0 Å². The molecule has 11 nitrogen and oxygen atoms in total. The zero-order chi connectivity index (χ0) is 26.0. The number of nitrogens with one attached hydrogen (secondary N) is 3. The number of benzene rings is 1. The van der Waals surface area contributed by atoms with Crippen LogP contribution in [-0.2, 0) is 0 Å². The zero-order valence-electron chi connectivity index (χ0n) is 20.8. The van der Waals surface area contributed by atoms with Gasteiger partial charge in [-0.2, -0.15) is 0 Å². The number of anilines is 2. The van der Waals surface area contributed by atoms with E-state index in [4.69, 9.17) is 11.1 Å². The lowest BCUT2D eigenvalue weighted by molar-refractivity contribution is 0.0977. The van der Waals surface area contributed by atoms with Crippen LogP contribution in [0.3, 0.4) is 0 Å². The molecule has 5 N–H and O–H groups in total. The summed E-state index contributed by atoms with van der Waals surface area (Å²) in [7, 11) is 0. The number of rotatable bonds is 5. The van der Waals surface area contributed by atoms with Crippen LogP contribution in [0, 0.1) is 24.7 Å². The second-order valence-electron chi connectivity index (χ2n) is 9.42. The standard InChI is InChI=1S/C25H28N10O/c1-14-6-7-16(23(36)33-20(27)9-19(26)25(3,4)5)8-17(14)32-22-21-18(29-12-30-22)10-28-24(34-21)35-11-15(2)31-13-35/h6-13H,26H2,1-5H3,(H2,27,33,36)(H,29,30,32). The maximum Gasteiger partial charge on any atom is 0.256 e. The number of amidine groups is 1. The highest BCUT2D eigenvalue weighted by molar-refractivity contribution is 6.09. The molecule has 0 radical (unpaired) electrons. The first-order valence-corrected chi connectivity index (χ1v) is 11.2. The summed E-state index contributed by atoms with van der Waals surface area (Å²) in [5.74, 6) is 0.401. The summed E-state index contributed by atoms with van der Waals surface area (Å²) in [6.45, 7) is 9.61. The van der Waals surface area contributed by atoms with Crippen molar-refractivity contribution in [3.63, 3.8) is 0 Å². The van der Waals surface area contributed by atoms with Gasteiger partial charge >= 0.3 is 0 Å². The fourth-order valence-electron chi connectivity index (χ4n) is 3.22. The summed E-state index contributed by atoms with van der Waals surface area (Å²) in [6.07, 6.45) is 7.97. The number of allylic oxidation sites excluding steroid dienone is 1. The van der Waals surface area contributed by atoms with Crippen molar-refractivity contribution in [1.82, 2.24) is 34.8 Å². The van der Waals surface area contributed by atoms with Gasteiger partial charge in [-0.15, -0.1) is 0 Å². The Bertz CT molecular complexity index is 1500. The second kappa shape index (κ2) is 9.53. The molecule has 184 valence electrons. The van der Waals surface area contributed by atoms with Crippen molar-refractivity contribution >= 4 is 34.3 Å². The number of hydrogen-bond donors (Lipinski definition) is 4. The van der Waals surface area contributed by atoms with Crippen molar-refractivity contribution < 1.29 is 4.79 Å². The third kappa shape index (κ3) is 5.35. The average Bonchev–Trinajstić information content (AvgIpc) is 3.26. The quantitative estimate of drug-likeness (QED) is 0.247. The summed E-state index contributed by atoms with van der Waals surface area (Å²) >= 11 is 0. The van der Waals surface area contributed by atoms with Gasteiger partial charge in [0.25, 0.3) is 5.91 Å². The lowest BCUT2D eigenvalue weighted by atomic mass is 9.92. The van der Waals surface area contributed by atoms with Gasteiger partial charge < -0.3 is 16.4 Å². The number of fused-ring (bicyclic) bond motifs is 1. The van der Waals surface area contributed by atoms with Crippen molar-refractivity contribution in [3.8, 4) is 5.95 Å². The molecule has 4 rings (SSSR count). The van der Waals surface area contributed by atoms with E-state index >= 15 is 0 Å². The number of aryl methyl sites for hydroxylation is 2. The van der Waals surface area contributed by atoms with E-state index in [9.17, 15) is 4.79 Å². The van der Waals surface area contributed by atoms with Crippen LogP contribution in [-0.4, -0.2) is 41.2 Å². The normalized spacial score (nSPS) is 12.0. The summed E-state index contributed by atoms with van der Waals surface area (Å²) in [4.78, 5) is 34.7. The number of hydrogen-bond acceptors (Lipinski definition) is 9. The number of carbonyl (C=O) groups is 1. The van der Waals surface area contributed by atoms with Gasteiger partial charge in [-0.25, -0.2) is 24.9 Å². The molecule has 0 fully saturated rings. The van der Waals surface area contributed by atoms with E-state index < -0.39 is 5.91 Å². The van der Waals surface area contributed by atoms with E-state index in [2.05, 4.69) is 35.6 Å². The molecule has 36 heavy (non-hydrogen) atoms. The van der Waals surface area contributed by atoms with Crippen LogP contribution in [0.15, 0.2) is 55.0 Å². The summed E-state index contributed by atoms with van der Waals surface area (Å²) in [5.41, 5.74) is 10.1. The third-order valence-electron chi connectivity index (χ3n) is 5.47. The molecule has 0 aliphatic carbocycles. The molecular formula is C25H28N10O. The third-order valence-corrected chi connectivity index (χ3v) is 5.47. The van der Waals surface area contributed by atoms with E-state index in [1.54, 1.807) is 29.2 Å². The van der Waals surface area contributed by atoms with Gasteiger partial charge in [-0.3, -0.25) is 14.8 Å². The van der Waals surface area contributed by atoms with E-state index in [1.165, 1.54) is 12.4 Å². The molecule has 3 heterocycles. The van der Waals surface area contributed by atoms with Crippen LogP contribution < -0.4 is 16.4 Å². The number of amides is 1. The molecule has 0 saturated carbocycles. The molecule has 3 aromatic heterocycles. The Morgan fingerprint density at radius 1 is 1.14 bits per heavy atom. The van der Waals surface area contributed by atoms with Crippen molar-refractivity contribution in [2.45, 2.75) is 34.6 Å². The van der Waals surface area contributed by atoms with E-state index in [-0.39, 0.29) is 11.3 Å². The van der Waals surface area contributed by atoms with Crippen LogP contribution in [0.4, 0.5) is 11.5 Å². The SMILES string of the molecule is Cc1cn(-c2ncc3ncnc(Nc4cc(C(=O)NC(=N)C=C(N)C(C)(C)C)ccc4C)c3n2)cn1. The number of imidazole rings is 1. The van der Waals surface area contributed by atoms with Crippen LogP contribution in [0.5, 0.6) is 0 Å². The van der Waals surface area contributed by atoms with Crippen molar-refractivity contribution in [1.29, 1.82) is 5.41 Å². The molecule has 1 aromatic carbocycles. The van der Waals surface area contributed by atoms with Gasteiger partial charge in [0.05, 0.1) is 11.9 Å². The predicted molar refractivity (Wildman–Crippen MR) is 138 cm³/mol. The Balaban J connectivity index is 1.61. The number of nitrogens with two attached hydrogens (primary N) is 1. The lowest BCUT2D eigenvalue weighted by Gasteiger charge is -2.19. The highest BCUT2D eigenvalue weighted by Crippen LogP contribution is 2.25. The zero-order valence-corrected chi connectivity index (χ0v) is 20.8. The molecule has 1 amide bonds. The topological polar surface area (TPSA) is 160 Å². The maximum atomic E-state index is 12.8. The molecule has 0 aliphatic rings. The van der Waals surface area contributed by atoms with Crippen LogP contribution >= 0.6 is 0 Å². The second-order valence-corrected chi connectivity index (χ2v) is 9.42. The Morgan fingerprint density at radius 3 is 2.61 bits per heavy atom. The van der Waals surface area contributed by atoms with Gasteiger partial charge in [0.15, 0.2) is 5.82 Å². The number of aromatic nitrogens is 6. The highest BCUT2D eigenvalue weighted by atomic mass is 16.1. The minimum Gasteiger partial charge on any atom is -0.401 e. The molecular weight excluding hydrogens is 456 g/mol. The average molecular weight is 485 g/mol. The van der Waals surface area contributed by atoms with E-state index in [1.807, 2.05) is 46.9 Å². The monoisotopic (exact) mass is 484 g/mol. The smallest absolute Gasteiger partial charge is 0.256 e. The Kier molecular flexibility index (Phi) is 6.47. The first-order valence-electron chi connectivity index (χ1n) is 11.2. The van der Waals surface area contributed by atoms with Gasteiger partial charge in [0.2, 0.25) is 5.95 Å². The minimum absolute atomic E-state index is 0.0803. The molecule has 4 aromatic rings. The molecule has 11 heteroatoms. The maximum absolute atomic E-state index is 12.8. The number of carbonyl (C=O) groups excluding carboxylic acids is 1. The van der Waals surface area contributed by atoms with Crippen molar-refractivity contribution in [2.75, 3.05) is 5.32 Å². The first-order chi connectivity index (χ1) is 17.0. The van der Waals surface area contributed by atoms with Crippen LogP contribution in [0.2, 0.25) is 0 Å². The first kappa shape index (κ1) is 24.5. The van der Waals surface area contributed by atoms with Crippen molar-refractivity contribution in [3.05, 3.63) is 71.8 Å². The fourth-order valence-corrected chi connectivity index (χ4v) is 3.22. The lowest BCUT2D eigenvalue weighted by Crippen LogP contribution is -2.30. The molecule has 0 unspecified atom stereocenters. The number of nitrogens with zero attached hydrogens (tertiary/aromatic N) is 6. The van der Waals surface area contributed by atoms with Gasteiger partial charge in [0.1, 0.15) is 29.5 Å². The Morgan fingerprint density at radius 2 is 1.92 bits per heavy atom. The van der Waals surface area contributed by atoms with Crippen LogP contribution in [0.1, 0.15) is 42.4 Å². The summed E-state index contributed by atoms with van der Waals surface area (Å²) < 4.78 is 1.72. The highest BCUT2D eigenvalue weighted by Gasteiger charge is 2.16. The van der Waals surface area contributed by atoms with Gasteiger partial charge in [-0.05, 0) is 37.6 Å².